The number of methoxy groups -OCH3 is 1. The van der Waals surface area contributed by atoms with Gasteiger partial charge in [-0.25, -0.2) is 9.48 Å². The van der Waals surface area contributed by atoms with Gasteiger partial charge < -0.3 is 10.1 Å². The van der Waals surface area contributed by atoms with Gasteiger partial charge in [0.1, 0.15) is 5.69 Å². The zero-order valence-electron chi connectivity index (χ0n) is 19.6. The lowest BCUT2D eigenvalue weighted by Crippen LogP contribution is -2.25. The van der Waals surface area contributed by atoms with Crippen LogP contribution in [0.15, 0.2) is 79.0 Å². The first kappa shape index (κ1) is 22.8. The number of amides is 2. The Morgan fingerprint density at radius 3 is 2.32 bits per heavy atom. The standard InChI is InChI=1S/C27H26N4O3/c1-18-10-15-23(19(2)16-18)25-24(17-31(29-25)22-8-6-5-7-9-22)26(32)28-20-11-13-21(14-12-20)30(3)27(33)34-4/h5-17H,1-4H3,(H,28,32). The molecule has 172 valence electrons. The van der Waals surface area contributed by atoms with Gasteiger partial charge in [0.05, 0.1) is 18.4 Å². The average molecular weight is 455 g/mol. The van der Waals surface area contributed by atoms with Crippen LogP contribution in [-0.2, 0) is 4.74 Å². The highest BCUT2D eigenvalue weighted by atomic mass is 16.5. The number of para-hydroxylation sites is 1. The zero-order valence-corrected chi connectivity index (χ0v) is 19.6. The summed E-state index contributed by atoms with van der Waals surface area (Å²) in [5, 5.41) is 7.71. The number of nitrogens with one attached hydrogen (secondary N) is 1. The molecule has 0 spiro atoms. The van der Waals surface area contributed by atoms with Crippen LogP contribution in [0.4, 0.5) is 16.2 Å². The number of rotatable bonds is 5. The second-order valence-electron chi connectivity index (χ2n) is 8.02. The van der Waals surface area contributed by atoms with Crippen LogP contribution in [0.3, 0.4) is 0 Å². The molecule has 4 aromatic rings. The molecule has 0 aliphatic rings. The maximum Gasteiger partial charge on any atom is 0.413 e. The Kier molecular flexibility index (Phi) is 6.45. The molecule has 1 heterocycles. The van der Waals surface area contributed by atoms with Gasteiger partial charge in [0.15, 0.2) is 0 Å². The van der Waals surface area contributed by atoms with Gasteiger partial charge in [-0.2, -0.15) is 5.10 Å². The fraction of sp³-hybridized carbons (Fsp3) is 0.148. The molecule has 1 aromatic heterocycles. The van der Waals surface area contributed by atoms with E-state index in [1.807, 2.05) is 56.3 Å². The normalized spacial score (nSPS) is 10.6. The number of benzene rings is 3. The monoisotopic (exact) mass is 454 g/mol. The van der Waals surface area contributed by atoms with Gasteiger partial charge >= 0.3 is 6.09 Å². The van der Waals surface area contributed by atoms with E-state index in [2.05, 4.69) is 11.4 Å². The Bertz CT molecular complexity index is 1330. The summed E-state index contributed by atoms with van der Waals surface area (Å²) >= 11 is 0. The van der Waals surface area contributed by atoms with Crippen molar-refractivity contribution < 1.29 is 14.3 Å². The lowest BCUT2D eigenvalue weighted by atomic mass is 10.0. The van der Waals surface area contributed by atoms with E-state index in [-0.39, 0.29) is 5.91 Å². The third-order valence-electron chi connectivity index (χ3n) is 5.58. The molecule has 1 N–H and O–H groups in total. The molecule has 0 bridgehead atoms. The third kappa shape index (κ3) is 4.68. The van der Waals surface area contributed by atoms with Crippen LogP contribution in [0, 0.1) is 13.8 Å². The van der Waals surface area contributed by atoms with Crippen LogP contribution in [-0.4, -0.2) is 35.9 Å². The minimum atomic E-state index is -0.469. The molecule has 0 aliphatic heterocycles. The van der Waals surface area contributed by atoms with Crippen LogP contribution in [0.2, 0.25) is 0 Å². The van der Waals surface area contributed by atoms with Crippen molar-refractivity contribution >= 4 is 23.4 Å². The zero-order chi connectivity index (χ0) is 24.2. The van der Waals surface area contributed by atoms with Crippen LogP contribution < -0.4 is 10.2 Å². The number of carbonyl (C=O) groups excluding carboxylic acids is 2. The Hall–Kier alpha value is -4.39. The van der Waals surface area contributed by atoms with Gasteiger partial charge in [0.2, 0.25) is 0 Å². The van der Waals surface area contributed by atoms with E-state index in [4.69, 9.17) is 9.84 Å². The molecule has 4 rings (SSSR count). The quantitative estimate of drug-likeness (QED) is 0.425. The summed E-state index contributed by atoms with van der Waals surface area (Å²) in [5.41, 5.74) is 6.29. The van der Waals surface area contributed by atoms with E-state index in [1.165, 1.54) is 12.0 Å². The van der Waals surface area contributed by atoms with Crippen molar-refractivity contribution in [2.45, 2.75) is 13.8 Å². The van der Waals surface area contributed by atoms with Crippen molar-refractivity contribution in [1.29, 1.82) is 0 Å². The molecular weight excluding hydrogens is 428 g/mol. The third-order valence-corrected chi connectivity index (χ3v) is 5.58. The Labute approximate surface area is 198 Å². The molecule has 0 radical (unpaired) electrons. The molecule has 0 aliphatic carbocycles. The van der Waals surface area contributed by atoms with Crippen LogP contribution in [0.5, 0.6) is 0 Å². The first-order chi connectivity index (χ1) is 16.4. The number of nitrogens with zero attached hydrogens (tertiary/aromatic N) is 3. The molecule has 0 atom stereocenters. The van der Waals surface area contributed by atoms with Crippen molar-refractivity contribution in [1.82, 2.24) is 9.78 Å². The average Bonchev–Trinajstić information content (AvgIpc) is 3.29. The van der Waals surface area contributed by atoms with Gasteiger partial charge in [0.25, 0.3) is 5.91 Å². The summed E-state index contributed by atoms with van der Waals surface area (Å²) < 4.78 is 6.46. The summed E-state index contributed by atoms with van der Waals surface area (Å²) in [7, 11) is 2.95. The highest BCUT2D eigenvalue weighted by Gasteiger charge is 2.20. The smallest absolute Gasteiger partial charge is 0.413 e. The van der Waals surface area contributed by atoms with Gasteiger partial charge in [-0.15, -0.1) is 0 Å². The SMILES string of the molecule is COC(=O)N(C)c1ccc(NC(=O)c2cn(-c3ccccc3)nc2-c2ccc(C)cc2C)cc1. The molecule has 7 nitrogen and oxygen atoms in total. The number of aryl methyl sites for hydroxylation is 2. The van der Waals surface area contributed by atoms with Gasteiger partial charge in [-0.05, 0) is 55.8 Å². The first-order valence-electron chi connectivity index (χ1n) is 10.8. The van der Waals surface area contributed by atoms with Crippen molar-refractivity contribution in [3.8, 4) is 16.9 Å². The highest BCUT2D eigenvalue weighted by molar-refractivity contribution is 6.08. The maximum absolute atomic E-state index is 13.4. The second-order valence-corrected chi connectivity index (χ2v) is 8.02. The van der Waals surface area contributed by atoms with Gasteiger partial charge in [0, 0.05) is 30.2 Å². The second kappa shape index (κ2) is 9.62. The van der Waals surface area contributed by atoms with E-state index >= 15 is 0 Å². The Morgan fingerprint density at radius 2 is 1.68 bits per heavy atom. The lowest BCUT2D eigenvalue weighted by Gasteiger charge is -2.16. The number of hydrogen-bond donors (Lipinski definition) is 1. The topological polar surface area (TPSA) is 76.5 Å². The summed E-state index contributed by atoms with van der Waals surface area (Å²) in [5.74, 6) is -0.272. The predicted octanol–water partition coefficient (Wildman–Crippen LogP) is 5.61. The van der Waals surface area contributed by atoms with Crippen LogP contribution >= 0.6 is 0 Å². The molecule has 0 saturated heterocycles. The van der Waals surface area contributed by atoms with Gasteiger partial charge in [-0.3, -0.25) is 9.69 Å². The van der Waals surface area contributed by atoms with E-state index < -0.39 is 6.09 Å². The first-order valence-corrected chi connectivity index (χ1v) is 10.8. The summed E-state index contributed by atoms with van der Waals surface area (Å²) in [6.07, 6.45) is 1.28. The van der Waals surface area contributed by atoms with Crippen molar-refractivity contribution in [2.75, 3.05) is 24.4 Å². The lowest BCUT2D eigenvalue weighted by molar-refractivity contribution is 0.102. The molecule has 2 amide bonds. The number of ether oxygens (including phenoxy) is 1. The maximum atomic E-state index is 13.4. The fourth-order valence-corrected chi connectivity index (χ4v) is 3.74. The number of aromatic nitrogens is 2. The summed E-state index contributed by atoms with van der Waals surface area (Å²) in [6, 6.07) is 22.7. The van der Waals surface area contributed by atoms with Gasteiger partial charge in [-0.1, -0.05) is 42.0 Å². The summed E-state index contributed by atoms with van der Waals surface area (Å²) in [6.45, 7) is 4.05. The van der Waals surface area contributed by atoms with E-state index in [0.29, 0.717) is 22.6 Å². The van der Waals surface area contributed by atoms with E-state index in [9.17, 15) is 9.59 Å². The van der Waals surface area contributed by atoms with Crippen molar-refractivity contribution in [3.05, 3.63) is 95.7 Å². The molecule has 0 saturated carbocycles. The number of anilines is 2. The minimum Gasteiger partial charge on any atom is -0.452 e. The van der Waals surface area contributed by atoms with Crippen molar-refractivity contribution in [2.24, 2.45) is 0 Å². The molecule has 0 fully saturated rings. The fourth-order valence-electron chi connectivity index (χ4n) is 3.74. The summed E-state index contributed by atoms with van der Waals surface area (Å²) in [4.78, 5) is 26.5. The van der Waals surface area contributed by atoms with Crippen LogP contribution in [0.1, 0.15) is 21.5 Å². The molecule has 34 heavy (non-hydrogen) atoms. The Morgan fingerprint density at radius 1 is 0.971 bits per heavy atom. The van der Waals surface area contributed by atoms with E-state index in [1.54, 1.807) is 42.2 Å². The predicted molar refractivity (Wildman–Crippen MR) is 134 cm³/mol. The largest absolute Gasteiger partial charge is 0.452 e. The molecule has 0 unspecified atom stereocenters. The minimum absolute atomic E-state index is 0.272. The molecular formula is C27H26N4O3. The van der Waals surface area contributed by atoms with Crippen molar-refractivity contribution in [3.63, 3.8) is 0 Å². The van der Waals surface area contributed by atoms with Crippen LogP contribution in [0.25, 0.3) is 16.9 Å². The Balaban J connectivity index is 1.68. The molecule has 7 heteroatoms. The highest BCUT2D eigenvalue weighted by Crippen LogP contribution is 2.28. The van der Waals surface area contributed by atoms with E-state index in [0.717, 1.165) is 22.4 Å². The number of hydrogen-bond acceptors (Lipinski definition) is 4. The number of carbonyl (C=O) groups is 2. The molecule has 3 aromatic carbocycles.